The van der Waals surface area contributed by atoms with Crippen molar-refractivity contribution in [2.75, 3.05) is 18.5 Å². The highest BCUT2D eigenvalue weighted by molar-refractivity contribution is 7.16. The number of fused-ring (bicyclic) bond motifs is 2. The summed E-state index contributed by atoms with van der Waals surface area (Å²) in [6, 6.07) is 9.03. The molecule has 0 bridgehead atoms. The maximum atomic E-state index is 12.1. The highest BCUT2D eigenvalue weighted by Gasteiger charge is 2.30. The smallest absolute Gasteiger partial charge is 0.275 e. The predicted octanol–water partition coefficient (Wildman–Crippen LogP) is 0.973. The Hall–Kier alpha value is -2.94. The van der Waals surface area contributed by atoms with Gasteiger partial charge >= 0.3 is 0 Å². The fraction of sp³-hybridized carbons (Fsp3) is 0.294. The van der Waals surface area contributed by atoms with Crippen molar-refractivity contribution in [2.45, 2.75) is 19.6 Å². The van der Waals surface area contributed by atoms with Gasteiger partial charge in [-0.25, -0.2) is 4.98 Å². The van der Waals surface area contributed by atoms with Crippen LogP contribution in [0.5, 0.6) is 5.75 Å². The van der Waals surface area contributed by atoms with Crippen LogP contribution >= 0.6 is 11.3 Å². The molecule has 0 saturated heterocycles. The molecule has 8 nitrogen and oxygen atoms in total. The first kappa shape index (κ1) is 16.5. The number of likely N-dealkylation sites (N-methyl/N-ethyl adjacent to an activating group) is 1. The van der Waals surface area contributed by atoms with Crippen molar-refractivity contribution in [2.24, 2.45) is 0 Å². The van der Waals surface area contributed by atoms with Gasteiger partial charge in [-0.3, -0.25) is 9.59 Å². The van der Waals surface area contributed by atoms with Crippen molar-refractivity contribution in [3.63, 3.8) is 0 Å². The lowest BCUT2D eigenvalue weighted by atomic mass is 10.2. The number of ether oxygens (including phenoxy) is 1. The molecule has 9 heteroatoms. The molecule has 1 aromatic carbocycles. The lowest BCUT2D eigenvalue weighted by molar-refractivity contribution is -0.127. The second-order valence-electron chi connectivity index (χ2n) is 5.99. The number of nitrogens with zero attached hydrogens (tertiary/aromatic N) is 4. The third-order valence-corrected chi connectivity index (χ3v) is 5.03. The molecule has 0 fully saturated rings. The zero-order valence-electron chi connectivity index (χ0n) is 14.3. The minimum Gasteiger partial charge on any atom is -0.477 e. The minimum atomic E-state index is -0.604. The number of anilines is 1. The summed E-state index contributed by atoms with van der Waals surface area (Å²) in [7, 11) is 1.59. The lowest BCUT2D eigenvalue weighted by Gasteiger charge is -2.34. The van der Waals surface area contributed by atoms with Gasteiger partial charge in [0.25, 0.3) is 11.5 Å². The van der Waals surface area contributed by atoms with Crippen molar-refractivity contribution in [3.05, 3.63) is 51.4 Å². The van der Waals surface area contributed by atoms with Crippen molar-refractivity contribution >= 4 is 27.9 Å². The van der Waals surface area contributed by atoms with Crippen LogP contribution in [0.1, 0.15) is 10.7 Å². The van der Waals surface area contributed by atoms with Crippen molar-refractivity contribution in [1.29, 1.82) is 0 Å². The molecule has 3 heterocycles. The standard InChI is InChI=1S/C17H17N5O3S/c1-10-7-15(23)22-17(19-10)26-14(20-22)9-21-8-13(16(24)18-2)25-12-6-4-3-5-11(12)21/h3-7,13H,8-9H2,1-2H3,(H,18,24)/t13-/m0/s1. The minimum absolute atomic E-state index is 0.178. The summed E-state index contributed by atoms with van der Waals surface area (Å²) in [5, 5.41) is 7.76. The number of rotatable bonds is 3. The second-order valence-corrected chi connectivity index (χ2v) is 7.04. The first-order valence-electron chi connectivity index (χ1n) is 8.14. The fourth-order valence-electron chi connectivity index (χ4n) is 2.94. The van der Waals surface area contributed by atoms with Crippen molar-refractivity contribution in [1.82, 2.24) is 19.9 Å². The molecule has 0 spiro atoms. The van der Waals surface area contributed by atoms with E-state index in [1.54, 1.807) is 14.0 Å². The number of hydrogen-bond acceptors (Lipinski definition) is 7. The third-order valence-electron chi connectivity index (χ3n) is 4.14. The molecule has 1 amide bonds. The molecule has 1 N–H and O–H groups in total. The van der Waals surface area contributed by atoms with Gasteiger partial charge in [-0.05, 0) is 19.1 Å². The highest BCUT2D eigenvalue weighted by atomic mass is 32.1. The van der Waals surface area contributed by atoms with Gasteiger partial charge in [0.15, 0.2) is 6.10 Å². The van der Waals surface area contributed by atoms with Crippen LogP contribution in [0, 0.1) is 6.92 Å². The highest BCUT2D eigenvalue weighted by Crippen LogP contribution is 2.34. The maximum Gasteiger partial charge on any atom is 0.275 e. The zero-order chi connectivity index (χ0) is 18.3. The largest absolute Gasteiger partial charge is 0.477 e. The third kappa shape index (κ3) is 2.90. The van der Waals surface area contributed by atoms with Crippen molar-refractivity contribution < 1.29 is 9.53 Å². The normalized spacial score (nSPS) is 16.2. The number of hydrogen-bond donors (Lipinski definition) is 1. The summed E-state index contributed by atoms with van der Waals surface area (Å²) in [4.78, 5) is 31.1. The summed E-state index contributed by atoms with van der Waals surface area (Å²) < 4.78 is 7.12. The average molecular weight is 371 g/mol. The van der Waals surface area contributed by atoms with Crippen LogP contribution in [0.3, 0.4) is 0 Å². The van der Waals surface area contributed by atoms with E-state index in [0.717, 1.165) is 10.7 Å². The van der Waals surface area contributed by atoms with Gasteiger partial charge in [0.2, 0.25) is 4.96 Å². The van der Waals surface area contributed by atoms with Gasteiger partial charge < -0.3 is 15.0 Å². The van der Waals surface area contributed by atoms with Gasteiger partial charge in [-0.2, -0.15) is 9.61 Å². The summed E-state index contributed by atoms with van der Waals surface area (Å²) in [6.45, 7) is 2.64. The van der Waals surface area contributed by atoms with Crippen LogP contribution in [-0.2, 0) is 11.3 Å². The average Bonchev–Trinajstić information content (AvgIpc) is 3.03. The number of aromatic nitrogens is 3. The summed E-state index contributed by atoms with van der Waals surface area (Å²) >= 11 is 1.37. The Labute approximate surface area is 153 Å². The Kier molecular flexibility index (Phi) is 4.08. The van der Waals surface area contributed by atoms with Crippen molar-refractivity contribution in [3.8, 4) is 5.75 Å². The first-order valence-corrected chi connectivity index (χ1v) is 8.95. The predicted molar refractivity (Wildman–Crippen MR) is 97.8 cm³/mol. The van der Waals surface area contributed by atoms with E-state index in [1.807, 2.05) is 29.2 Å². The van der Waals surface area contributed by atoms with Crippen LogP contribution < -0.4 is 20.5 Å². The number of carbonyl (C=O) groups is 1. The van der Waals surface area contributed by atoms with E-state index in [0.29, 0.717) is 29.5 Å². The molecule has 3 aromatic rings. The number of amides is 1. The van der Waals surface area contributed by atoms with Gasteiger partial charge in [0.1, 0.15) is 10.8 Å². The summed E-state index contributed by atoms with van der Waals surface area (Å²) in [5.41, 5.74) is 1.37. The topological polar surface area (TPSA) is 88.8 Å². The number of aryl methyl sites for hydroxylation is 1. The zero-order valence-corrected chi connectivity index (χ0v) is 15.1. The van der Waals surface area contributed by atoms with Gasteiger partial charge in [0, 0.05) is 18.8 Å². The molecule has 1 aliphatic rings. The molecule has 0 unspecified atom stereocenters. The molecule has 0 radical (unpaired) electrons. The van der Waals surface area contributed by atoms with E-state index in [-0.39, 0.29) is 11.5 Å². The molecular formula is C17H17N5O3S. The number of para-hydroxylation sites is 2. The Bertz CT molecular complexity index is 1040. The molecule has 4 rings (SSSR count). The maximum absolute atomic E-state index is 12.1. The quantitative estimate of drug-likeness (QED) is 0.738. The van der Waals surface area contributed by atoms with Crippen LogP contribution in [0.2, 0.25) is 0 Å². The second kappa shape index (κ2) is 6.41. The lowest BCUT2D eigenvalue weighted by Crippen LogP contribution is -2.47. The monoisotopic (exact) mass is 371 g/mol. The number of nitrogens with one attached hydrogen (secondary N) is 1. The van der Waals surface area contributed by atoms with Gasteiger partial charge in [-0.15, -0.1) is 0 Å². The molecule has 0 saturated carbocycles. The fourth-order valence-corrected chi connectivity index (χ4v) is 3.90. The van der Waals surface area contributed by atoms with Crippen LogP contribution in [0.25, 0.3) is 4.96 Å². The molecule has 0 aliphatic carbocycles. The van der Waals surface area contributed by atoms with Gasteiger partial charge in [0.05, 0.1) is 18.8 Å². The van der Waals surface area contributed by atoms with Gasteiger partial charge in [-0.1, -0.05) is 23.5 Å². The Morgan fingerprint density at radius 3 is 3.04 bits per heavy atom. The number of benzene rings is 1. The van der Waals surface area contributed by atoms with E-state index >= 15 is 0 Å². The molecule has 1 aliphatic heterocycles. The Balaban J connectivity index is 1.69. The molecular weight excluding hydrogens is 354 g/mol. The number of carbonyl (C=O) groups excluding carboxylic acids is 1. The van der Waals surface area contributed by atoms with E-state index < -0.39 is 6.10 Å². The molecule has 2 aromatic heterocycles. The van der Waals surface area contributed by atoms with Crippen LogP contribution in [0.4, 0.5) is 5.69 Å². The first-order chi connectivity index (χ1) is 12.5. The molecule has 26 heavy (non-hydrogen) atoms. The summed E-state index contributed by atoms with van der Waals surface area (Å²) in [5.74, 6) is 0.474. The SMILES string of the molecule is CNC(=O)[C@@H]1CN(Cc2nn3c(=O)cc(C)nc3s2)c2ccccc2O1. The van der Waals surface area contributed by atoms with E-state index in [9.17, 15) is 9.59 Å². The van der Waals surface area contributed by atoms with E-state index in [2.05, 4.69) is 15.4 Å². The molecule has 134 valence electrons. The van der Waals surface area contributed by atoms with E-state index in [1.165, 1.54) is 21.9 Å². The Morgan fingerprint density at radius 2 is 2.23 bits per heavy atom. The molecule has 1 atom stereocenters. The van der Waals surface area contributed by atoms with Crippen LogP contribution in [0.15, 0.2) is 35.1 Å². The Morgan fingerprint density at radius 1 is 1.42 bits per heavy atom. The summed E-state index contributed by atoms with van der Waals surface area (Å²) in [6.07, 6.45) is -0.604. The van der Waals surface area contributed by atoms with Crippen LogP contribution in [-0.4, -0.2) is 40.2 Å². The van der Waals surface area contributed by atoms with E-state index in [4.69, 9.17) is 4.74 Å².